The standard InChI is InChI=1S/C17H18N2O2/c1-11-4-5-15(10-12(11)2)13(3)18-19-17(21)14-6-8-16(20)9-7-14/h4-10,20H,1-3H3,(H,19,21). The van der Waals surface area contributed by atoms with Gasteiger partial charge < -0.3 is 5.11 Å². The maximum atomic E-state index is 11.9. The summed E-state index contributed by atoms with van der Waals surface area (Å²) in [5.74, 6) is -0.181. The van der Waals surface area contributed by atoms with Gasteiger partial charge in [-0.2, -0.15) is 5.10 Å². The minimum atomic E-state index is -0.307. The van der Waals surface area contributed by atoms with Crippen molar-refractivity contribution in [3.63, 3.8) is 0 Å². The molecule has 1 amide bonds. The fourth-order valence-electron chi connectivity index (χ4n) is 1.84. The molecule has 2 aromatic rings. The molecule has 2 aromatic carbocycles. The van der Waals surface area contributed by atoms with E-state index in [9.17, 15) is 9.90 Å². The van der Waals surface area contributed by atoms with Gasteiger partial charge in [-0.3, -0.25) is 4.79 Å². The molecule has 4 nitrogen and oxygen atoms in total. The van der Waals surface area contributed by atoms with Gasteiger partial charge in [0.15, 0.2) is 0 Å². The monoisotopic (exact) mass is 282 g/mol. The van der Waals surface area contributed by atoms with E-state index in [1.165, 1.54) is 23.3 Å². The lowest BCUT2D eigenvalue weighted by Crippen LogP contribution is -2.19. The molecule has 0 aliphatic heterocycles. The first-order chi connectivity index (χ1) is 9.97. The predicted molar refractivity (Wildman–Crippen MR) is 83.7 cm³/mol. The molecule has 2 N–H and O–H groups in total. The van der Waals surface area contributed by atoms with Crippen molar-refractivity contribution < 1.29 is 9.90 Å². The summed E-state index contributed by atoms with van der Waals surface area (Å²) < 4.78 is 0. The Morgan fingerprint density at radius 3 is 2.24 bits per heavy atom. The topological polar surface area (TPSA) is 61.7 Å². The second-order valence-electron chi connectivity index (χ2n) is 4.98. The Morgan fingerprint density at radius 2 is 1.62 bits per heavy atom. The van der Waals surface area contributed by atoms with E-state index in [0.717, 1.165) is 11.3 Å². The molecule has 0 aliphatic carbocycles. The van der Waals surface area contributed by atoms with Crippen LogP contribution in [0.1, 0.15) is 34.0 Å². The highest BCUT2D eigenvalue weighted by molar-refractivity contribution is 6.01. The average Bonchev–Trinajstić information content (AvgIpc) is 2.48. The first-order valence-corrected chi connectivity index (χ1v) is 6.68. The number of carbonyl (C=O) groups is 1. The largest absolute Gasteiger partial charge is 0.508 e. The van der Waals surface area contributed by atoms with Gasteiger partial charge >= 0.3 is 0 Å². The van der Waals surface area contributed by atoms with E-state index in [2.05, 4.69) is 17.5 Å². The lowest BCUT2D eigenvalue weighted by molar-refractivity contribution is 0.0955. The number of hydrazone groups is 1. The zero-order valence-corrected chi connectivity index (χ0v) is 12.3. The highest BCUT2D eigenvalue weighted by Gasteiger charge is 2.05. The molecule has 0 aromatic heterocycles. The highest BCUT2D eigenvalue weighted by Crippen LogP contribution is 2.11. The van der Waals surface area contributed by atoms with Crippen LogP contribution in [-0.2, 0) is 0 Å². The molecule has 0 aliphatic rings. The van der Waals surface area contributed by atoms with E-state index in [-0.39, 0.29) is 11.7 Å². The molecule has 0 unspecified atom stereocenters. The van der Waals surface area contributed by atoms with Gasteiger partial charge in [0.05, 0.1) is 5.71 Å². The number of phenols is 1. The van der Waals surface area contributed by atoms with Gasteiger partial charge in [-0.1, -0.05) is 12.1 Å². The molecule has 108 valence electrons. The Kier molecular flexibility index (Phi) is 4.38. The lowest BCUT2D eigenvalue weighted by atomic mass is 10.0. The van der Waals surface area contributed by atoms with Crippen molar-refractivity contribution in [3.8, 4) is 5.75 Å². The molecule has 4 heteroatoms. The molecule has 2 rings (SSSR count). The lowest BCUT2D eigenvalue weighted by Gasteiger charge is -2.06. The van der Waals surface area contributed by atoms with E-state index in [0.29, 0.717) is 5.56 Å². The number of rotatable bonds is 3. The third kappa shape index (κ3) is 3.69. The summed E-state index contributed by atoms with van der Waals surface area (Å²) in [7, 11) is 0. The summed E-state index contributed by atoms with van der Waals surface area (Å²) in [6.45, 7) is 5.94. The minimum Gasteiger partial charge on any atom is -0.508 e. The van der Waals surface area contributed by atoms with Gasteiger partial charge in [0.25, 0.3) is 5.91 Å². The molecule has 0 radical (unpaired) electrons. The number of carbonyl (C=O) groups excluding carboxylic acids is 1. The second kappa shape index (κ2) is 6.22. The van der Waals surface area contributed by atoms with Crippen LogP contribution in [0.3, 0.4) is 0 Å². The van der Waals surface area contributed by atoms with Crippen LogP contribution in [0.2, 0.25) is 0 Å². The maximum absolute atomic E-state index is 11.9. The Bertz CT molecular complexity index is 688. The molecular weight excluding hydrogens is 264 g/mol. The maximum Gasteiger partial charge on any atom is 0.271 e. The normalized spacial score (nSPS) is 11.3. The van der Waals surface area contributed by atoms with Crippen LogP contribution in [-0.4, -0.2) is 16.7 Å². The molecule has 0 fully saturated rings. The van der Waals surface area contributed by atoms with Crippen LogP contribution in [0.25, 0.3) is 0 Å². The summed E-state index contributed by atoms with van der Waals surface area (Å²) in [6.07, 6.45) is 0. The van der Waals surface area contributed by atoms with Gasteiger partial charge in [-0.15, -0.1) is 0 Å². The van der Waals surface area contributed by atoms with Gasteiger partial charge in [0.1, 0.15) is 5.75 Å². The number of amides is 1. The Labute approximate surface area is 124 Å². The number of hydrogen-bond donors (Lipinski definition) is 2. The fourth-order valence-corrected chi connectivity index (χ4v) is 1.84. The van der Waals surface area contributed by atoms with E-state index >= 15 is 0 Å². The number of phenolic OH excluding ortho intramolecular Hbond substituents is 1. The van der Waals surface area contributed by atoms with Crippen LogP contribution in [0.5, 0.6) is 5.75 Å². The van der Waals surface area contributed by atoms with E-state index in [1.54, 1.807) is 12.1 Å². The predicted octanol–water partition coefficient (Wildman–Crippen LogP) is 3.16. The summed E-state index contributed by atoms with van der Waals surface area (Å²) in [4.78, 5) is 11.9. The number of benzene rings is 2. The Balaban J connectivity index is 2.10. The molecule has 0 bridgehead atoms. The number of aryl methyl sites for hydroxylation is 2. The van der Waals surface area contributed by atoms with Crippen molar-refractivity contribution in [3.05, 3.63) is 64.7 Å². The molecule has 0 saturated heterocycles. The van der Waals surface area contributed by atoms with Gasteiger partial charge in [-0.25, -0.2) is 5.43 Å². The second-order valence-corrected chi connectivity index (χ2v) is 4.98. The number of hydrogen-bond acceptors (Lipinski definition) is 3. The first kappa shape index (κ1) is 14.8. The van der Waals surface area contributed by atoms with Crippen LogP contribution >= 0.6 is 0 Å². The van der Waals surface area contributed by atoms with Crippen molar-refractivity contribution in [2.75, 3.05) is 0 Å². The van der Waals surface area contributed by atoms with Crippen molar-refractivity contribution in [2.24, 2.45) is 5.10 Å². The third-order valence-electron chi connectivity index (χ3n) is 3.38. The summed E-state index contributed by atoms with van der Waals surface area (Å²) in [6, 6.07) is 12.1. The van der Waals surface area contributed by atoms with E-state index < -0.39 is 0 Å². The first-order valence-electron chi connectivity index (χ1n) is 6.68. The summed E-state index contributed by atoms with van der Waals surface area (Å²) in [5.41, 5.74) is 7.09. The van der Waals surface area contributed by atoms with Crippen LogP contribution < -0.4 is 5.43 Å². The number of nitrogens with zero attached hydrogens (tertiary/aromatic N) is 1. The molecule has 0 heterocycles. The molecular formula is C17H18N2O2. The molecule has 0 spiro atoms. The zero-order chi connectivity index (χ0) is 15.4. The van der Waals surface area contributed by atoms with Crippen molar-refractivity contribution in [1.29, 1.82) is 0 Å². The Morgan fingerprint density at radius 1 is 1.00 bits per heavy atom. The molecule has 0 atom stereocenters. The third-order valence-corrected chi connectivity index (χ3v) is 3.38. The van der Waals surface area contributed by atoms with Gasteiger partial charge in [0, 0.05) is 5.56 Å². The fraction of sp³-hybridized carbons (Fsp3) is 0.176. The van der Waals surface area contributed by atoms with Crippen LogP contribution in [0.4, 0.5) is 0 Å². The Hall–Kier alpha value is -2.62. The quantitative estimate of drug-likeness (QED) is 0.671. The SMILES string of the molecule is CC(=NNC(=O)c1ccc(O)cc1)c1ccc(C)c(C)c1. The molecule has 0 saturated carbocycles. The average molecular weight is 282 g/mol. The van der Waals surface area contributed by atoms with Crippen molar-refractivity contribution in [1.82, 2.24) is 5.43 Å². The summed E-state index contributed by atoms with van der Waals surface area (Å²) >= 11 is 0. The molecule has 21 heavy (non-hydrogen) atoms. The van der Waals surface area contributed by atoms with Crippen molar-refractivity contribution >= 4 is 11.6 Å². The smallest absolute Gasteiger partial charge is 0.271 e. The van der Waals surface area contributed by atoms with Gasteiger partial charge in [-0.05, 0) is 67.8 Å². The van der Waals surface area contributed by atoms with E-state index in [4.69, 9.17) is 0 Å². The van der Waals surface area contributed by atoms with Gasteiger partial charge in [0.2, 0.25) is 0 Å². The minimum absolute atomic E-state index is 0.126. The van der Waals surface area contributed by atoms with E-state index in [1.807, 2.05) is 32.0 Å². The zero-order valence-electron chi connectivity index (χ0n) is 12.3. The summed E-state index contributed by atoms with van der Waals surface area (Å²) in [5, 5.41) is 13.3. The number of nitrogens with one attached hydrogen (secondary N) is 1. The highest BCUT2D eigenvalue weighted by atomic mass is 16.3. The van der Waals surface area contributed by atoms with Crippen molar-refractivity contribution in [2.45, 2.75) is 20.8 Å². The van der Waals surface area contributed by atoms with Crippen LogP contribution in [0, 0.1) is 13.8 Å². The number of aromatic hydroxyl groups is 1. The van der Waals surface area contributed by atoms with Crippen LogP contribution in [0.15, 0.2) is 47.6 Å².